The number of benzene rings is 1. The van der Waals surface area contributed by atoms with E-state index in [4.69, 9.17) is 16.3 Å². The zero-order chi connectivity index (χ0) is 26.6. The number of nitrogens with zero attached hydrogens (tertiary/aromatic N) is 3. The quantitative estimate of drug-likeness (QED) is 0.491. The molecule has 2 heterocycles. The molecule has 0 spiro atoms. The number of carbonyl (C=O) groups excluding carboxylic acids is 2. The van der Waals surface area contributed by atoms with Crippen molar-refractivity contribution in [3.63, 3.8) is 0 Å². The predicted octanol–water partition coefficient (Wildman–Crippen LogP) is 2.12. The maximum atomic E-state index is 14.0. The second-order valence-electron chi connectivity index (χ2n) is 11.6. The van der Waals surface area contributed by atoms with E-state index in [2.05, 4.69) is 4.90 Å². The third-order valence-corrected chi connectivity index (χ3v) is 10.8. The third kappa shape index (κ3) is 5.15. The van der Waals surface area contributed by atoms with Crippen LogP contribution >= 0.6 is 11.6 Å². The number of aliphatic hydroxyl groups excluding tert-OH is 1. The van der Waals surface area contributed by atoms with Gasteiger partial charge in [-0.25, -0.2) is 8.42 Å². The van der Waals surface area contributed by atoms with Crippen LogP contribution in [-0.4, -0.2) is 96.5 Å². The molecule has 2 aliphatic carbocycles. The number of rotatable bonds is 8. The van der Waals surface area contributed by atoms with Gasteiger partial charge >= 0.3 is 5.97 Å². The number of piperazine rings is 1. The predicted molar refractivity (Wildman–Crippen MR) is 137 cm³/mol. The molecule has 1 aromatic carbocycles. The lowest BCUT2D eigenvalue weighted by Crippen LogP contribution is -2.62. The maximum Gasteiger partial charge on any atom is 0.325 e. The van der Waals surface area contributed by atoms with Gasteiger partial charge in [0.05, 0.1) is 17.5 Å². The van der Waals surface area contributed by atoms with Crippen LogP contribution in [0.2, 0.25) is 5.02 Å². The molecule has 9 nitrogen and oxygen atoms in total. The molecule has 2 saturated carbocycles. The highest BCUT2D eigenvalue weighted by atomic mass is 35.5. The minimum atomic E-state index is -4.03. The summed E-state index contributed by atoms with van der Waals surface area (Å²) in [6, 6.07) is 4.55. The highest BCUT2D eigenvalue weighted by Gasteiger charge is 2.63. The number of sulfonamides is 1. The average Bonchev–Trinajstić information content (AvgIpc) is 3.80. The van der Waals surface area contributed by atoms with Crippen LogP contribution in [0.5, 0.6) is 0 Å². The molecule has 5 rings (SSSR count). The van der Waals surface area contributed by atoms with Crippen LogP contribution in [0.3, 0.4) is 0 Å². The molecule has 0 unspecified atom stereocenters. The van der Waals surface area contributed by atoms with Gasteiger partial charge in [-0.3, -0.25) is 14.5 Å². The van der Waals surface area contributed by atoms with Crippen molar-refractivity contribution in [2.45, 2.75) is 68.5 Å². The van der Waals surface area contributed by atoms with Crippen LogP contribution in [0.15, 0.2) is 29.2 Å². The van der Waals surface area contributed by atoms with Gasteiger partial charge in [-0.2, -0.15) is 4.31 Å². The summed E-state index contributed by atoms with van der Waals surface area (Å²) < 4.78 is 34.9. The first-order chi connectivity index (χ1) is 17.5. The van der Waals surface area contributed by atoms with E-state index in [1.165, 1.54) is 28.6 Å². The molecule has 2 atom stereocenters. The van der Waals surface area contributed by atoms with Gasteiger partial charge < -0.3 is 14.7 Å². The second-order valence-corrected chi connectivity index (χ2v) is 13.9. The van der Waals surface area contributed by atoms with Crippen LogP contribution < -0.4 is 0 Å². The van der Waals surface area contributed by atoms with E-state index < -0.39 is 33.5 Å². The fourth-order valence-corrected chi connectivity index (χ4v) is 7.81. The summed E-state index contributed by atoms with van der Waals surface area (Å²) in [5.41, 5.74) is -1.12. The van der Waals surface area contributed by atoms with E-state index in [0.29, 0.717) is 44.0 Å². The molecule has 0 bridgehead atoms. The summed E-state index contributed by atoms with van der Waals surface area (Å²) in [7, 11) is -4.03. The van der Waals surface area contributed by atoms with Crippen molar-refractivity contribution in [1.82, 2.24) is 14.1 Å². The Morgan fingerprint density at radius 1 is 1.14 bits per heavy atom. The van der Waals surface area contributed by atoms with Crippen molar-refractivity contribution in [3.05, 3.63) is 29.3 Å². The van der Waals surface area contributed by atoms with Crippen molar-refractivity contribution >= 4 is 33.5 Å². The molecule has 1 N–H and O–H groups in total. The summed E-state index contributed by atoms with van der Waals surface area (Å²) >= 11 is 6.00. The van der Waals surface area contributed by atoms with Gasteiger partial charge in [-0.1, -0.05) is 11.6 Å². The Hall–Kier alpha value is -1.72. The number of aliphatic hydroxyl groups is 1. The fraction of sp³-hybridized carbons (Fsp3) is 0.692. The lowest BCUT2D eigenvalue weighted by Gasteiger charge is -2.45. The number of esters is 1. The number of amides is 1. The highest BCUT2D eigenvalue weighted by molar-refractivity contribution is 7.89. The second kappa shape index (κ2) is 9.79. The topological polar surface area (TPSA) is 107 Å². The molecule has 4 aliphatic rings. The van der Waals surface area contributed by atoms with E-state index in [9.17, 15) is 23.1 Å². The largest absolute Gasteiger partial charge is 0.463 e. The molecule has 0 radical (unpaired) electrons. The Bertz CT molecular complexity index is 1140. The Balaban J connectivity index is 1.38. The van der Waals surface area contributed by atoms with E-state index in [-0.39, 0.29) is 41.9 Å². The Morgan fingerprint density at radius 2 is 1.76 bits per heavy atom. The monoisotopic (exact) mass is 553 g/mol. The first kappa shape index (κ1) is 26.9. The highest BCUT2D eigenvalue weighted by Crippen LogP contribution is 2.57. The van der Waals surface area contributed by atoms with Crippen molar-refractivity contribution in [2.24, 2.45) is 11.3 Å². The standard InChI is InChI=1S/C26H36ClN3O6S/c1-25(2,17-31)29-13-11-28(12-14-29)22(32)15-26(9-10-26)23-24(33)36-16-21(18-3-4-18)30(23)37(34,35)20-7-5-19(27)6-8-20/h5-8,18,21,23,31H,3-4,9-17H2,1-2H3/t21-,23+/m0/s1. The number of hydrogen-bond donors (Lipinski definition) is 1. The van der Waals surface area contributed by atoms with E-state index in [0.717, 1.165) is 12.8 Å². The SMILES string of the molecule is CC(C)(CO)N1CCN(C(=O)CC2([C@H]3C(=O)OC[C@@H](C4CC4)N3S(=O)(=O)c3ccc(Cl)cc3)CC2)CC1. The number of hydrogen-bond acceptors (Lipinski definition) is 7. The van der Waals surface area contributed by atoms with E-state index in [1.807, 2.05) is 13.8 Å². The zero-order valence-electron chi connectivity index (χ0n) is 21.4. The first-order valence-electron chi connectivity index (χ1n) is 13.1. The van der Waals surface area contributed by atoms with Crippen LogP contribution in [0.25, 0.3) is 0 Å². The molecule has 11 heteroatoms. The minimum absolute atomic E-state index is 0.0357. The molecule has 4 fully saturated rings. The molecule has 2 aliphatic heterocycles. The average molecular weight is 554 g/mol. The van der Waals surface area contributed by atoms with E-state index in [1.54, 1.807) is 4.90 Å². The number of carbonyl (C=O) groups is 2. The Morgan fingerprint density at radius 3 is 2.30 bits per heavy atom. The molecule has 1 aromatic rings. The van der Waals surface area contributed by atoms with Crippen LogP contribution in [0.1, 0.15) is 46.0 Å². The number of morpholine rings is 1. The Kier molecular flexibility index (Phi) is 7.11. The summed E-state index contributed by atoms with van der Waals surface area (Å²) in [5.74, 6) is -0.481. The van der Waals surface area contributed by atoms with Gasteiger partial charge in [0.1, 0.15) is 12.6 Å². The summed E-state index contributed by atoms with van der Waals surface area (Å²) in [5, 5.41) is 10.1. The van der Waals surface area contributed by atoms with Crippen molar-refractivity contribution < 1.29 is 27.9 Å². The first-order valence-corrected chi connectivity index (χ1v) is 14.9. The van der Waals surface area contributed by atoms with Gasteiger partial charge in [0, 0.05) is 48.6 Å². The third-order valence-electron chi connectivity index (χ3n) is 8.61. The molecule has 2 saturated heterocycles. The molecule has 0 aromatic heterocycles. The lowest BCUT2D eigenvalue weighted by atomic mass is 9.89. The Labute approximate surface area is 223 Å². The number of cyclic esters (lactones) is 1. The molecular weight excluding hydrogens is 518 g/mol. The van der Waals surface area contributed by atoms with Gasteiger partial charge in [-0.15, -0.1) is 0 Å². The maximum absolute atomic E-state index is 14.0. The van der Waals surface area contributed by atoms with Crippen LogP contribution in [0.4, 0.5) is 0 Å². The normalized spacial score (nSPS) is 27.1. The van der Waals surface area contributed by atoms with Crippen LogP contribution in [0, 0.1) is 11.3 Å². The smallest absolute Gasteiger partial charge is 0.325 e. The van der Waals surface area contributed by atoms with Crippen molar-refractivity contribution in [3.8, 4) is 0 Å². The lowest BCUT2D eigenvalue weighted by molar-refractivity contribution is -0.162. The summed E-state index contributed by atoms with van der Waals surface area (Å²) in [4.78, 5) is 30.8. The molecule has 1 amide bonds. The van der Waals surface area contributed by atoms with Gasteiger partial charge in [0.25, 0.3) is 0 Å². The minimum Gasteiger partial charge on any atom is -0.463 e. The zero-order valence-corrected chi connectivity index (χ0v) is 23.0. The van der Waals surface area contributed by atoms with E-state index >= 15 is 0 Å². The van der Waals surface area contributed by atoms with Gasteiger partial charge in [0.2, 0.25) is 15.9 Å². The number of halogens is 1. The molecule has 37 heavy (non-hydrogen) atoms. The summed E-state index contributed by atoms with van der Waals surface area (Å²) in [6.07, 6.45) is 3.09. The number of ether oxygens (including phenoxy) is 1. The molecule has 204 valence electrons. The summed E-state index contributed by atoms with van der Waals surface area (Å²) in [6.45, 7) is 6.40. The van der Waals surface area contributed by atoms with Crippen molar-refractivity contribution in [1.29, 1.82) is 0 Å². The van der Waals surface area contributed by atoms with Gasteiger partial charge in [0.15, 0.2) is 0 Å². The van der Waals surface area contributed by atoms with Crippen molar-refractivity contribution in [2.75, 3.05) is 39.4 Å². The van der Waals surface area contributed by atoms with Crippen LogP contribution in [-0.2, 0) is 24.3 Å². The fourth-order valence-electron chi connectivity index (χ4n) is 5.79. The molecular formula is C26H36ClN3O6S. The van der Waals surface area contributed by atoms with Gasteiger partial charge in [-0.05, 0) is 69.7 Å².